The average Bonchev–Trinajstić information content (AvgIpc) is 2.42. The molecule has 0 unspecified atom stereocenters. The number of nitrogens with two attached hydrogens (primary N) is 1. The molecule has 0 saturated heterocycles. The molecule has 0 bridgehead atoms. The van der Waals surface area contributed by atoms with Gasteiger partial charge in [-0.3, -0.25) is 0 Å². The van der Waals surface area contributed by atoms with Gasteiger partial charge in [0.1, 0.15) is 12.4 Å². The summed E-state index contributed by atoms with van der Waals surface area (Å²) in [5.41, 5.74) is 6.14. The zero-order chi connectivity index (χ0) is 14.1. The summed E-state index contributed by atoms with van der Waals surface area (Å²) in [6, 6.07) is 7.14. The first-order valence-electron chi connectivity index (χ1n) is 6.55. The molecule has 4 N–H and O–H groups in total. The number of benzene rings is 1. The van der Waals surface area contributed by atoms with Crippen molar-refractivity contribution in [2.75, 3.05) is 19.7 Å². The zero-order valence-electron chi connectivity index (χ0n) is 11.6. The Hall–Kier alpha value is -1.75. The fraction of sp³-hybridized carbons (Fsp3) is 0.500. The van der Waals surface area contributed by atoms with Crippen molar-refractivity contribution in [2.45, 2.75) is 20.3 Å². The van der Waals surface area contributed by atoms with Gasteiger partial charge in [0.25, 0.3) is 0 Å². The number of nitrogens with one attached hydrogen (secondary N) is 1. The van der Waals surface area contributed by atoms with E-state index in [0.29, 0.717) is 12.2 Å². The molecule has 0 fully saturated rings. The zero-order valence-corrected chi connectivity index (χ0v) is 11.6. The van der Waals surface area contributed by atoms with Crippen LogP contribution in [0, 0.1) is 5.92 Å². The van der Waals surface area contributed by atoms with Crippen LogP contribution in [-0.4, -0.2) is 30.7 Å². The van der Waals surface area contributed by atoms with Gasteiger partial charge < -0.3 is 21.0 Å². The molecule has 0 amide bonds. The van der Waals surface area contributed by atoms with Crippen molar-refractivity contribution in [1.82, 2.24) is 5.32 Å². The van der Waals surface area contributed by atoms with E-state index in [1.165, 1.54) is 6.42 Å². The minimum Gasteiger partial charge on any atom is -0.492 e. The lowest BCUT2D eigenvalue weighted by molar-refractivity contribution is 0.312. The van der Waals surface area contributed by atoms with Gasteiger partial charge in [-0.15, -0.1) is 0 Å². The number of hydrogen-bond acceptors (Lipinski definition) is 4. The largest absolute Gasteiger partial charge is 0.492 e. The lowest BCUT2D eigenvalue weighted by Crippen LogP contribution is -2.23. The molecule has 106 valence electrons. The van der Waals surface area contributed by atoms with Crippen LogP contribution in [0.25, 0.3) is 0 Å². The van der Waals surface area contributed by atoms with E-state index in [1.54, 1.807) is 12.1 Å². The third-order valence-electron chi connectivity index (χ3n) is 2.70. The first kappa shape index (κ1) is 15.3. The molecule has 0 spiro atoms. The number of hydrogen-bond donors (Lipinski definition) is 3. The summed E-state index contributed by atoms with van der Waals surface area (Å²) in [7, 11) is 0. The second-order valence-electron chi connectivity index (χ2n) is 4.79. The Labute approximate surface area is 114 Å². The van der Waals surface area contributed by atoms with Crippen molar-refractivity contribution >= 4 is 5.84 Å². The van der Waals surface area contributed by atoms with Crippen molar-refractivity contribution in [3.8, 4) is 5.75 Å². The van der Waals surface area contributed by atoms with E-state index in [9.17, 15) is 0 Å². The molecule has 1 rings (SSSR count). The van der Waals surface area contributed by atoms with Crippen LogP contribution in [0.2, 0.25) is 0 Å². The van der Waals surface area contributed by atoms with Crippen LogP contribution >= 0.6 is 0 Å². The highest BCUT2D eigenvalue weighted by Crippen LogP contribution is 2.11. The predicted octanol–water partition coefficient (Wildman–Crippen LogP) is 1.80. The number of nitrogens with zero attached hydrogens (tertiary/aromatic N) is 1. The minimum atomic E-state index is 0.0990. The van der Waals surface area contributed by atoms with E-state index in [0.717, 1.165) is 24.8 Å². The molecule has 0 aliphatic carbocycles. The van der Waals surface area contributed by atoms with Crippen LogP contribution < -0.4 is 15.8 Å². The predicted molar refractivity (Wildman–Crippen MR) is 76.8 cm³/mol. The SMILES string of the molecule is CC(C)CCNCCOc1ccc(C(N)=NO)cc1. The average molecular weight is 265 g/mol. The lowest BCUT2D eigenvalue weighted by Gasteiger charge is -2.09. The van der Waals surface area contributed by atoms with E-state index >= 15 is 0 Å². The van der Waals surface area contributed by atoms with E-state index in [1.807, 2.05) is 12.1 Å². The molecule has 5 nitrogen and oxygen atoms in total. The third kappa shape index (κ3) is 6.10. The van der Waals surface area contributed by atoms with Crippen LogP contribution in [0.1, 0.15) is 25.8 Å². The number of rotatable bonds is 8. The molecule has 0 aliphatic heterocycles. The van der Waals surface area contributed by atoms with Crippen molar-refractivity contribution < 1.29 is 9.94 Å². The summed E-state index contributed by atoms with van der Waals surface area (Å²) in [5, 5.41) is 14.8. The normalized spacial score (nSPS) is 11.8. The molecular weight excluding hydrogens is 242 g/mol. The molecule has 0 aliphatic rings. The molecule has 0 radical (unpaired) electrons. The van der Waals surface area contributed by atoms with E-state index < -0.39 is 0 Å². The highest BCUT2D eigenvalue weighted by molar-refractivity contribution is 5.97. The number of ether oxygens (including phenoxy) is 1. The van der Waals surface area contributed by atoms with Crippen molar-refractivity contribution in [2.24, 2.45) is 16.8 Å². The van der Waals surface area contributed by atoms with Gasteiger partial charge in [-0.05, 0) is 43.1 Å². The Bertz CT molecular complexity index is 388. The van der Waals surface area contributed by atoms with Gasteiger partial charge in [0, 0.05) is 12.1 Å². The Morgan fingerprint density at radius 2 is 2.00 bits per heavy atom. The van der Waals surface area contributed by atoms with Gasteiger partial charge in [-0.25, -0.2) is 0 Å². The smallest absolute Gasteiger partial charge is 0.170 e. The van der Waals surface area contributed by atoms with Gasteiger partial charge in [0.15, 0.2) is 5.84 Å². The van der Waals surface area contributed by atoms with Crippen molar-refractivity contribution in [3.05, 3.63) is 29.8 Å². The van der Waals surface area contributed by atoms with Gasteiger partial charge >= 0.3 is 0 Å². The van der Waals surface area contributed by atoms with Crippen LogP contribution in [0.5, 0.6) is 5.75 Å². The van der Waals surface area contributed by atoms with Crippen molar-refractivity contribution in [3.63, 3.8) is 0 Å². The van der Waals surface area contributed by atoms with E-state index in [4.69, 9.17) is 15.7 Å². The van der Waals surface area contributed by atoms with E-state index in [2.05, 4.69) is 24.3 Å². The summed E-state index contributed by atoms with van der Waals surface area (Å²) in [5.74, 6) is 1.60. The van der Waals surface area contributed by atoms with Crippen molar-refractivity contribution in [1.29, 1.82) is 0 Å². The Morgan fingerprint density at radius 3 is 2.58 bits per heavy atom. The van der Waals surface area contributed by atoms with E-state index in [-0.39, 0.29) is 5.84 Å². The third-order valence-corrected chi connectivity index (χ3v) is 2.70. The van der Waals surface area contributed by atoms with Gasteiger partial charge in [-0.1, -0.05) is 19.0 Å². The summed E-state index contributed by atoms with van der Waals surface area (Å²) < 4.78 is 5.58. The number of oxime groups is 1. The van der Waals surface area contributed by atoms with Gasteiger partial charge in [-0.2, -0.15) is 0 Å². The summed E-state index contributed by atoms with van der Waals surface area (Å²) >= 11 is 0. The van der Waals surface area contributed by atoms with Crippen LogP contribution in [0.4, 0.5) is 0 Å². The maximum Gasteiger partial charge on any atom is 0.170 e. The second kappa shape index (κ2) is 8.37. The quantitative estimate of drug-likeness (QED) is 0.220. The van der Waals surface area contributed by atoms with Crippen LogP contribution in [0.15, 0.2) is 29.4 Å². The second-order valence-corrected chi connectivity index (χ2v) is 4.79. The minimum absolute atomic E-state index is 0.0990. The molecule has 1 aromatic rings. The molecule has 0 saturated carbocycles. The molecule has 19 heavy (non-hydrogen) atoms. The molecule has 5 heteroatoms. The fourth-order valence-electron chi connectivity index (χ4n) is 1.54. The Balaban J connectivity index is 2.23. The highest BCUT2D eigenvalue weighted by atomic mass is 16.5. The topological polar surface area (TPSA) is 79.9 Å². The Kier molecular flexibility index (Phi) is 6.74. The standard InChI is InChI=1S/C14H23N3O2/c1-11(2)7-8-16-9-10-19-13-5-3-12(4-6-13)14(15)17-18/h3-6,11,16,18H,7-10H2,1-2H3,(H2,15,17). The Morgan fingerprint density at radius 1 is 1.32 bits per heavy atom. The fourth-order valence-corrected chi connectivity index (χ4v) is 1.54. The summed E-state index contributed by atoms with van der Waals surface area (Å²) in [6.07, 6.45) is 1.18. The summed E-state index contributed by atoms with van der Waals surface area (Å²) in [6.45, 7) is 6.89. The molecule has 0 heterocycles. The monoisotopic (exact) mass is 265 g/mol. The maximum absolute atomic E-state index is 8.54. The van der Waals surface area contributed by atoms with Crippen LogP contribution in [0.3, 0.4) is 0 Å². The van der Waals surface area contributed by atoms with Gasteiger partial charge in [0.05, 0.1) is 0 Å². The first-order valence-corrected chi connectivity index (χ1v) is 6.55. The molecule has 1 aromatic carbocycles. The van der Waals surface area contributed by atoms with Crippen LogP contribution in [-0.2, 0) is 0 Å². The maximum atomic E-state index is 8.54. The first-order chi connectivity index (χ1) is 9.13. The lowest BCUT2D eigenvalue weighted by atomic mass is 10.1. The number of amidine groups is 1. The summed E-state index contributed by atoms with van der Waals surface area (Å²) in [4.78, 5) is 0. The molecule has 0 aromatic heterocycles. The highest BCUT2D eigenvalue weighted by Gasteiger charge is 1.99. The molecular formula is C14H23N3O2. The van der Waals surface area contributed by atoms with Gasteiger partial charge in [0.2, 0.25) is 0 Å². The molecule has 0 atom stereocenters.